The van der Waals surface area contributed by atoms with Gasteiger partial charge in [-0.1, -0.05) is 6.92 Å². The van der Waals surface area contributed by atoms with E-state index in [0.29, 0.717) is 12.1 Å². The Labute approximate surface area is 103 Å². The molecular formula is C13H24N2O2. The van der Waals surface area contributed by atoms with Crippen molar-refractivity contribution in [2.24, 2.45) is 5.92 Å². The van der Waals surface area contributed by atoms with Crippen molar-refractivity contribution < 1.29 is 9.53 Å². The molecule has 4 heteroatoms. The molecule has 2 N–H and O–H groups in total. The van der Waals surface area contributed by atoms with Gasteiger partial charge in [0.2, 0.25) is 0 Å². The van der Waals surface area contributed by atoms with E-state index in [1.54, 1.807) is 0 Å². The monoisotopic (exact) mass is 240 g/mol. The third kappa shape index (κ3) is 3.42. The van der Waals surface area contributed by atoms with Crippen molar-refractivity contribution >= 4 is 5.97 Å². The van der Waals surface area contributed by atoms with Gasteiger partial charge in [-0.25, -0.2) is 0 Å². The first-order chi connectivity index (χ1) is 8.19. The lowest BCUT2D eigenvalue weighted by molar-refractivity contribution is -0.142. The molecule has 4 nitrogen and oxygen atoms in total. The fourth-order valence-corrected chi connectivity index (χ4v) is 2.94. The third-order valence-corrected chi connectivity index (χ3v) is 4.10. The van der Waals surface area contributed by atoms with E-state index in [0.717, 1.165) is 18.9 Å². The van der Waals surface area contributed by atoms with Crippen molar-refractivity contribution in [2.75, 3.05) is 13.7 Å². The Morgan fingerprint density at radius 3 is 2.59 bits per heavy atom. The number of hydrogen-bond acceptors (Lipinski definition) is 4. The van der Waals surface area contributed by atoms with Crippen LogP contribution < -0.4 is 10.6 Å². The van der Waals surface area contributed by atoms with Gasteiger partial charge in [0.1, 0.15) is 6.04 Å². The minimum atomic E-state index is -0.133. The second-order valence-corrected chi connectivity index (χ2v) is 5.54. The lowest BCUT2D eigenvalue weighted by Crippen LogP contribution is -2.41. The molecule has 2 aliphatic rings. The summed E-state index contributed by atoms with van der Waals surface area (Å²) in [6, 6.07) is 0.965. The number of methoxy groups -OCH3 is 1. The number of rotatable bonds is 3. The maximum absolute atomic E-state index is 11.4. The summed E-state index contributed by atoms with van der Waals surface area (Å²) in [4.78, 5) is 11.4. The molecule has 1 aliphatic carbocycles. The van der Waals surface area contributed by atoms with Crippen molar-refractivity contribution in [3.63, 3.8) is 0 Å². The summed E-state index contributed by atoms with van der Waals surface area (Å²) in [7, 11) is 1.45. The normalized spacial score (nSPS) is 38.0. The molecule has 1 saturated carbocycles. The van der Waals surface area contributed by atoms with E-state index in [2.05, 4.69) is 17.6 Å². The molecule has 0 radical (unpaired) electrons. The maximum Gasteiger partial charge on any atom is 0.322 e. The van der Waals surface area contributed by atoms with Crippen LogP contribution in [0.3, 0.4) is 0 Å². The van der Waals surface area contributed by atoms with E-state index in [1.165, 1.54) is 32.8 Å². The van der Waals surface area contributed by atoms with Gasteiger partial charge in [0.05, 0.1) is 7.11 Å². The average molecular weight is 240 g/mol. The quantitative estimate of drug-likeness (QED) is 0.724. The Hall–Kier alpha value is -0.610. The highest BCUT2D eigenvalue weighted by Crippen LogP contribution is 2.24. The zero-order valence-electron chi connectivity index (χ0n) is 10.9. The second kappa shape index (κ2) is 5.83. The molecule has 0 aromatic rings. The SMILES string of the molecule is COC(=O)[C@@H]1C[C@H](NC2CCC(C)CC2)CN1. The van der Waals surface area contributed by atoms with E-state index in [4.69, 9.17) is 4.74 Å². The number of carbonyl (C=O) groups is 1. The van der Waals surface area contributed by atoms with Crippen molar-refractivity contribution in [1.82, 2.24) is 10.6 Å². The Morgan fingerprint density at radius 2 is 1.94 bits per heavy atom. The van der Waals surface area contributed by atoms with E-state index < -0.39 is 0 Å². The van der Waals surface area contributed by atoms with E-state index in [9.17, 15) is 4.79 Å². The van der Waals surface area contributed by atoms with Gasteiger partial charge in [-0.15, -0.1) is 0 Å². The van der Waals surface area contributed by atoms with Crippen LogP contribution in [0.25, 0.3) is 0 Å². The van der Waals surface area contributed by atoms with Crippen LogP contribution in [0, 0.1) is 5.92 Å². The summed E-state index contributed by atoms with van der Waals surface area (Å²) in [5.41, 5.74) is 0. The van der Waals surface area contributed by atoms with Crippen molar-refractivity contribution in [1.29, 1.82) is 0 Å². The van der Waals surface area contributed by atoms with E-state index >= 15 is 0 Å². The molecule has 0 bridgehead atoms. The van der Waals surface area contributed by atoms with Crippen LogP contribution in [0.15, 0.2) is 0 Å². The van der Waals surface area contributed by atoms with Gasteiger partial charge in [0, 0.05) is 18.6 Å². The highest BCUT2D eigenvalue weighted by atomic mass is 16.5. The number of carbonyl (C=O) groups excluding carboxylic acids is 1. The molecule has 17 heavy (non-hydrogen) atoms. The topological polar surface area (TPSA) is 50.4 Å². The molecule has 0 unspecified atom stereocenters. The predicted octanol–water partition coefficient (Wildman–Crippen LogP) is 1.06. The van der Waals surface area contributed by atoms with Gasteiger partial charge in [-0.3, -0.25) is 4.79 Å². The Kier molecular flexibility index (Phi) is 4.40. The zero-order valence-corrected chi connectivity index (χ0v) is 10.9. The molecule has 1 heterocycles. The molecule has 98 valence electrons. The molecule has 0 spiro atoms. The van der Waals surface area contributed by atoms with Gasteiger partial charge < -0.3 is 15.4 Å². The third-order valence-electron chi connectivity index (χ3n) is 4.10. The summed E-state index contributed by atoms with van der Waals surface area (Å²) >= 11 is 0. The van der Waals surface area contributed by atoms with Crippen molar-refractivity contribution in [2.45, 2.75) is 57.2 Å². The van der Waals surface area contributed by atoms with Gasteiger partial charge >= 0.3 is 5.97 Å². The lowest BCUT2D eigenvalue weighted by Gasteiger charge is -2.29. The smallest absolute Gasteiger partial charge is 0.322 e. The first kappa shape index (κ1) is 12.8. The number of nitrogens with one attached hydrogen (secondary N) is 2. The molecule has 1 saturated heterocycles. The van der Waals surface area contributed by atoms with Crippen LogP contribution in [0.1, 0.15) is 39.0 Å². The first-order valence-electron chi connectivity index (χ1n) is 6.76. The first-order valence-corrected chi connectivity index (χ1v) is 6.76. The molecule has 2 atom stereocenters. The number of esters is 1. The molecule has 2 rings (SSSR count). The summed E-state index contributed by atoms with van der Waals surface area (Å²) in [5, 5.41) is 6.90. The van der Waals surface area contributed by atoms with Gasteiger partial charge in [0.25, 0.3) is 0 Å². The zero-order chi connectivity index (χ0) is 12.3. The summed E-state index contributed by atoms with van der Waals surface area (Å²) in [5.74, 6) is 0.754. The molecule has 1 aliphatic heterocycles. The Morgan fingerprint density at radius 1 is 1.24 bits per heavy atom. The molecule has 0 aromatic heterocycles. The minimum absolute atomic E-state index is 0.111. The molecular weight excluding hydrogens is 216 g/mol. The minimum Gasteiger partial charge on any atom is -0.468 e. The van der Waals surface area contributed by atoms with E-state index in [-0.39, 0.29) is 12.0 Å². The van der Waals surface area contributed by atoms with Crippen LogP contribution in [0.4, 0.5) is 0 Å². The number of hydrogen-bond donors (Lipinski definition) is 2. The highest BCUT2D eigenvalue weighted by Gasteiger charge is 2.31. The second-order valence-electron chi connectivity index (χ2n) is 5.54. The largest absolute Gasteiger partial charge is 0.468 e. The van der Waals surface area contributed by atoms with Crippen LogP contribution in [0.2, 0.25) is 0 Å². The Balaban J connectivity index is 1.72. The van der Waals surface area contributed by atoms with Gasteiger partial charge in [0.15, 0.2) is 0 Å². The fourth-order valence-electron chi connectivity index (χ4n) is 2.94. The summed E-state index contributed by atoms with van der Waals surface area (Å²) < 4.78 is 4.76. The number of ether oxygens (including phenoxy) is 1. The van der Waals surface area contributed by atoms with Crippen LogP contribution in [-0.4, -0.2) is 37.7 Å². The van der Waals surface area contributed by atoms with Crippen LogP contribution >= 0.6 is 0 Å². The lowest BCUT2D eigenvalue weighted by atomic mass is 9.87. The molecule has 0 amide bonds. The fraction of sp³-hybridized carbons (Fsp3) is 0.923. The molecule has 0 aromatic carbocycles. The maximum atomic E-state index is 11.4. The van der Waals surface area contributed by atoms with Crippen LogP contribution in [-0.2, 0) is 9.53 Å². The van der Waals surface area contributed by atoms with E-state index in [1.807, 2.05) is 0 Å². The van der Waals surface area contributed by atoms with Crippen molar-refractivity contribution in [3.8, 4) is 0 Å². The van der Waals surface area contributed by atoms with Gasteiger partial charge in [-0.05, 0) is 38.0 Å². The Bertz CT molecular complexity index is 262. The molecule has 2 fully saturated rings. The van der Waals surface area contributed by atoms with Gasteiger partial charge in [-0.2, -0.15) is 0 Å². The van der Waals surface area contributed by atoms with Crippen molar-refractivity contribution in [3.05, 3.63) is 0 Å². The predicted molar refractivity (Wildman–Crippen MR) is 66.8 cm³/mol. The standard InChI is InChI=1S/C13H24N2O2/c1-9-3-5-10(6-4-9)15-11-7-12(14-8-11)13(16)17-2/h9-12,14-15H,3-8H2,1-2H3/t9?,10?,11-,12-/m0/s1. The van der Waals surface area contributed by atoms with Crippen LogP contribution in [0.5, 0.6) is 0 Å². The highest BCUT2D eigenvalue weighted by molar-refractivity contribution is 5.76. The summed E-state index contributed by atoms with van der Waals surface area (Å²) in [6.45, 7) is 3.21. The summed E-state index contributed by atoms with van der Waals surface area (Å²) in [6.07, 6.45) is 6.08. The average Bonchev–Trinajstić information content (AvgIpc) is 2.80.